The third-order valence-corrected chi connectivity index (χ3v) is 7.59. The molecule has 0 bridgehead atoms. The summed E-state index contributed by atoms with van der Waals surface area (Å²) in [5.41, 5.74) is 2.59. The van der Waals surface area contributed by atoms with E-state index in [9.17, 15) is 14.4 Å². The van der Waals surface area contributed by atoms with Crippen molar-refractivity contribution < 1.29 is 28.6 Å². The summed E-state index contributed by atoms with van der Waals surface area (Å²) in [5.74, 6) is -4.20. The highest BCUT2D eigenvalue weighted by Crippen LogP contribution is 2.49. The number of hydrogen-bond acceptors (Lipinski definition) is 7. The first kappa shape index (κ1) is 27.9. The Hall–Kier alpha value is -3.16. The smallest absolute Gasteiger partial charge is 0.336 e. The van der Waals surface area contributed by atoms with Gasteiger partial charge in [0, 0.05) is 33.3 Å². The molecule has 1 saturated carbocycles. The van der Waals surface area contributed by atoms with E-state index < -0.39 is 35.6 Å². The number of ether oxygens (including phenoxy) is 3. The van der Waals surface area contributed by atoms with Gasteiger partial charge in [0.15, 0.2) is 5.78 Å². The summed E-state index contributed by atoms with van der Waals surface area (Å²) >= 11 is 12.8. The van der Waals surface area contributed by atoms with Gasteiger partial charge in [-0.25, -0.2) is 4.79 Å². The Kier molecular flexibility index (Phi) is 8.58. The topological polar surface area (TPSA) is 91.3 Å². The summed E-state index contributed by atoms with van der Waals surface area (Å²) in [4.78, 5) is 45.5. The Balaban J connectivity index is 1.90. The lowest BCUT2D eigenvalue weighted by Gasteiger charge is -2.41. The Bertz CT molecular complexity index is 1320. The number of halogens is 2. The van der Waals surface area contributed by atoms with E-state index in [2.05, 4.69) is 0 Å². The van der Waals surface area contributed by atoms with Crippen molar-refractivity contribution in [2.45, 2.75) is 39.0 Å². The zero-order chi connectivity index (χ0) is 27.6. The molecule has 0 N–H and O–H groups in total. The maximum absolute atomic E-state index is 14.3. The predicted molar refractivity (Wildman–Crippen MR) is 145 cm³/mol. The molecule has 4 atom stereocenters. The molecule has 38 heavy (non-hydrogen) atoms. The Morgan fingerprint density at radius 1 is 1.00 bits per heavy atom. The molecule has 2 aliphatic rings. The van der Waals surface area contributed by atoms with Crippen LogP contribution < -0.4 is 4.74 Å². The molecule has 0 radical (unpaired) electrons. The van der Waals surface area contributed by atoms with Crippen LogP contribution >= 0.6 is 23.2 Å². The van der Waals surface area contributed by atoms with Gasteiger partial charge in [-0.15, -0.1) is 0 Å². The Morgan fingerprint density at radius 3 is 2.29 bits per heavy atom. The lowest BCUT2D eigenvalue weighted by molar-refractivity contribution is -0.153. The van der Waals surface area contributed by atoms with Crippen LogP contribution in [-0.4, -0.2) is 43.8 Å². The Morgan fingerprint density at radius 2 is 1.68 bits per heavy atom. The summed E-state index contributed by atoms with van der Waals surface area (Å²) in [7, 11) is 1.57. The first-order valence-electron chi connectivity index (χ1n) is 12.5. The van der Waals surface area contributed by atoms with E-state index in [1.165, 1.54) is 0 Å². The van der Waals surface area contributed by atoms with Crippen molar-refractivity contribution in [3.63, 3.8) is 0 Å². The Labute approximate surface area is 231 Å². The van der Waals surface area contributed by atoms with Gasteiger partial charge in [0.1, 0.15) is 11.7 Å². The third kappa shape index (κ3) is 5.22. The number of benzene rings is 2. The van der Waals surface area contributed by atoms with Crippen molar-refractivity contribution in [1.29, 1.82) is 0 Å². The lowest BCUT2D eigenvalue weighted by atomic mass is 9.62. The van der Waals surface area contributed by atoms with Crippen molar-refractivity contribution in [1.82, 2.24) is 0 Å². The minimum absolute atomic E-state index is 0.128. The molecule has 4 rings (SSSR count). The van der Waals surface area contributed by atoms with E-state index >= 15 is 0 Å². The minimum Gasteiger partial charge on any atom is -0.497 e. The summed E-state index contributed by atoms with van der Waals surface area (Å²) in [5, 5.41) is 0.719. The second-order valence-electron chi connectivity index (χ2n) is 9.16. The molecular formula is C29H29Cl2NO6. The first-order chi connectivity index (χ1) is 18.2. The number of fused-ring (bicyclic) bond motifs is 1. The van der Waals surface area contributed by atoms with Gasteiger partial charge < -0.3 is 14.2 Å². The van der Waals surface area contributed by atoms with Gasteiger partial charge in [0.05, 0.1) is 31.8 Å². The van der Waals surface area contributed by atoms with E-state index in [-0.39, 0.29) is 24.6 Å². The normalized spacial score (nSPS) is 22.9. The molecular weight excluding hydrogens is 529 g/mol. The zero-order valence-electron chi connectivity index (χ0n) is 21.6. The number of carbonyl (C=O) groups is 3. The number of esters is 2. The van der Waals surface area contributed by atoms with Crippen molar-refractivity contribution in [2.24, 2.45) is 16.8 Å². The second-order valence-corrected chi connectivity index (χ2v) is 10.0. The number of nitrogens with zero attached hydrogens (tertiary/aromatic N) is 1. The van der Waals surface area contributed by atoms with E-state index in [0.29, 0.717) is 39.2 Å². The number of Topliss-reactive ketones (excluding diaryl/α,β-unsaturated/α-hetero) is 1. The van der Waals surface area contributed by atoms with Crippen LogP contribution in [-0.2, 0) is 23.9 Å². The number of rotatable bonds is 7. The fraction of sp³-hybridized carbons (Fsp3) is 0.379. The molecule has 200 valence electrons. The maximum atomic E-state index is 14.3. The predicted octanol–water partition coefficient (Wildman–Crippen LogP) is 5.93. The van der Waals surface area contributed by atoms with E-state index in [0.717, 1.165) is 5.56 Å². The lowest BCUT2D eigenvalue weighted by Crippen LogP contribution is -2.48. The third-order valence-electron chi connectivity index (χ3n) is 7.03. The summed E-state index contributed by atoms with van der Waals surface area (Å²) in [6.07, 6.45) is 0.321. The van der Waals surface area contributed by atoms with Crippen LogP contribution in [0.2, 0.25) is 10.0 Å². The molecule has 2 aromatic rings. The molecule has 9 heteroatoms. The summed E-state index contributed by atoms with van der Waals surface area (Å²) in [6.45, 7) is 5.40. The van der Waals surface area contributed by atoms with E-state index in [4.69, 9.17) is 42.4 Å². The first-order valence-corrected chi connectivity index (χ1v) is 13.2. The number of methoxy groups -OCH3 is 1. The molecule has 1 aliphatic heterocycles. The number of carbonyl (C=O) groups excluding carboxylic acids is 3. The average molecular weight is 558 g/mol. The second kappa shape index (κ2) is 11.7. The van der Waals surface area contributed by atoms with Gasteiger partial charge in [-0.05, 0) is 62.6 Å². The summed E-state index contributed by atoms with van der Waals surface area (Å²) in [6, 6.07) is 12.2. The molecule has 1 unspecified atom stereocenters. The highest BCUT2D eigenvalue weighted by Gasteiger charge is 2.53. The van der Waals surface area contributed by atoms with Crippen LogP contribution in [0.25, 0.3) is 0 Å². The van der Waals surface area contributed by atoms with Gasteiger partial charge in [0.2, 0.25) is 0 Å². The highest BCUT2D eigenvalue weighted by atomic mass is 35.5. The molecule has 1 aliphatic carbocycles. The average Bonchev–Trinajstić information content (AvgIpc) is 2.88. The van der Waals surface area contributed by atoms with Crippen molar-refractivity contribution in [3.8, 4) is 5.75 Å². The molecule has 1 heterocycles. The van der Waals surface area contributed by atoms with Crippen LogP contribution in [0.4, 0.5) is 0 Å². The maximum Gasteiger partial charge on any atom is 0.336 e. The molecule has 0 saturated heterocycles. The largest absolute Gasteiger partial charge is 0.497 e. The SMILES string of the molecule is CCOC(=O)C1=C(C)N=C2C[C@@H](c3ccc(OC)cc3)[C@H](C(=O)OCC)C(=O)C2[C@@H]1c1ccc(Cl)cc1Cl. The summed E-state index contributed by atoms with van der Waals surface area (Å²) < 4.78 is 16.0. The van der Waals surface area contributed by atoms with Gasteiger partial charge in [-0.1, -0.05) is 41.4 Å². The monoisotopic (exact) mass is 557 g/mol. The van der Waals surface area contributed by atoms with E-state index in [1.54, 1.807) is 58.2 Å². The van der Waals surface area contributed by atoms with Gasteiger partial charge in [0.25, 0.3) is 0 Å². The number of allylic oxidation sites excluding steroid dienone is 1. The molecule has 0 spiro atoms. The molecule has 0 amide bonds. The van der Waals surface area contributed by atoms with Crippen LogP contribution in [0.15, 0.2) is 58.7 Å². The zero-order valence-corrected chi connectivity index (χ0v) is 23.1. The number of aliphatic imine (C=N–C) groups is 1. The standard InChI is InChI=1S/C29H29Cl2NO6/c1-5-37-28(34)23-15(3)32-22-14-20(16-7-10-18(36-4)11-8-16)25(29(35)38-6-2)27(33)26(22)24(23)19-12-9-17(30)13-21(19)31/h7-13,20,24-26H,5-6,14H2,1-4H3/t20-,24+,25-,26?/m0/s1. The number of hydrogen-bond donors (Lipinski definition) is 0. The minimum atomic E-state index is -1.09. The quantitative estimate of drug-likeness (QED) is 0.309. The van der Waals surface area contributed by atoms with Crippen LogP contribution in [0.3, 0.4) is 0 Å². The van der Waals surface area contributed by atoms with Crippen LogP contribution in [0.5, 0.6) is 5.75 Å². The van der Waals surface area contributed by atoms with Crippen LogP contribution in [0, 0.1) is 11.8 Å². The van der Waals surface area contributed by atoms with Crippen molar-refractivity contribution in [3.05, 3.63) is 74.9 Å². The van der Waals surface area contributed by atoms with Crippen molar-refractivity contribution >= 4 is 46.6 Å². The number of ketones is 1. The fourth-order valence-electron chi connectivity index (χ4n) is 5.41. The van der Waals surface area contributed by atoms with Crippen molar-refractivity contribution in [2.75, 3.05) is 20.3 Å². The highest BCUT2D eigenvalue weighted by molar-refractivity contribution is 6.35. The van der Waals surface area contributed by atoms with Gasteiger partial charge >= 0.3 is 11.9 Å². The van der Waals surface area contributed by atoms with Crippen LogP contribution in [0.1, 0.15) is 50.2 Å². The molecule has 1 fully saturated rings. The molecule has 0 aromatic heterocycles. The fourth-order valence-corrected chi connectivity index (χ4v) is 5.94. The molecule has 7 nitrogen and oxygen atoms in total. The van der Waals surface area contributed by atoms with E-state index in [1.807, 2.05) is 12.1 Å². The van der Waals surface area contributed by atoms with Gasteiger partial charge in [-0.3, -0.25) is 14.6 Å². The van der Waals surface area contributed by atoms with Gasteiger partial charge in [-0.2, -0.15) is 0 Å². The molecule has 2 aromatic carbocycles.